The van der Waals surface area contributed by atoms with Crippen LogP contribution in [0.15, 0.2) is 12.7 Å². The first-order valence-electron chi connectivity index (χ1n) is 9.33. The molecule has 0 saturated heterocycles. The van der Waals surface area contributed by atoms with Crippen molar-refractivity contribution in [3.8, 4) is 0 Å². The summed E-state index contributed by atoms with van der Waals surface area (Å²) in [5.41, 5.74) is -0.427. The van der Waals surface area contributed by atoms with E-state index in [4.69, 9.17) is 4.74 Å². The summed E-state index contributed by atoms with van der Waals surface area (Å²) in [6.07, 6.45) is 10.7. The topological polar surface area (TPSA) is 46.5 Å². The molecule has 2 unspecified atom stereocenters. The average Bonchev–Trinajstić information content (AvgIpc) is 2.48. The zero-order valence-electron chi connectivity index (χ0n) is 15.8. The third kappa shape index (κ3) is 13.3. The van der Waals surface area contributed by atoms with Crippen molar-refractivity contribution in [3.63, 3.8) is 0 Å². The van der Waals surface area contributed by atoms with Crippen molar-refractivity contribution in [2.24, 2.45) is 5.92 Å². The zero-order chi connectivity index (χ0) is 17.7. The molecule has 2 atom stereocenters. The Labute approximate surface area is 143 Å². The highest BCUT2D eigenvalue weighted by molar-refractivity contribution is 5.69. The Morgan fingerprint density at radius 1 is 1.17 bits per heavy atom. The zero-order valence-corrected chi connectivity index (χ0v) is 15.8. The van der Waals surface area contributed by atoms with Crippen LogP contribution < -0.4 is 0 Å². The molecule has 0 amide bonds. The molecule has 1 N–H and O–H groups in total. The Morgan fingerprint density at radius 2 is 1.87 bits per heavy atom. The minimum atomic E-state index is -0.427. The number of carbonyl (C=O) groups is 1. The first-order valence-corrected chi connectivity index (χ1v) is 9.33. The molecular formula is C20H38O3. The van der Waals surface area contributed by atoms with Crippen molar-refractivity contribution < 1.29 is 14.6 Å². The van der Waals surface area contributed by atoms with Gasteiger partial charge in [0, 0.05) is 6.42 Å². The Hall–Kier alpha value is -0.830. The number of unbranched alkanes of at least 4 members (excludes halogenated alkanes) is 3. The number of hydrogen-bond acceptors (Lipinski definition) is 3. The van der Waals surface area contributed by atoms with E-state index in [1.54, 1.807) is 0 Å². The van der Waals surface area contributed by atoms with Crippen LogP contribution in [0.25, 0.3) is 0 Å². The molecule has 23 heavy (non-hydrogen) atoms. The number of allylic oxidation sites excluding steroid dienone is 1. The average molecular weight is 327 g/mol. The van der Waals surface area contributed by atoms with Gasteiger partial charge in [-0.2, -0.15) is 0 Å². The minimum absolute atomic E-state index is 0.195. The summed E-state index contributed by atoms with van der Waals surface area (Å²) in [6.45, 7) is 12.0. The van der Waals surface area contributed by atoms with Crippen molar-refractivity contribution in [1.29, 1.82) is 0 Å². The lowest BCUT2D eigenvalue weighted by molar-refractivity contribution is -0.157. The second-order valence-electron chi connectivity index (χ2n) is 7.38. The fourth-order valence-electron chi connectivity index (χ4n) is 2.61. The molecule has 3 heteroatoms. The van der Waals surface area contributed by atoms with Crippen LogP contribution in [0, 0.1) is 5.92 Å². The van der Waals surface area contributed by atoms with Gasteiger partial charge in [-0.3, -0.25) is 4.79 Å². The molecule has 0 radical (unpaired) electrons. The monoisotopic (exact) mass is 326 g/mol. The Balaban J connectivity index is 3.86. The van der Waals surface area contributed by atoms with E-state index in [-0.39, 0.29) is 12.1 Å². The molecule has 3 nitrogen and oxygen atoms in total. The number of aliphatic hydroxyl groups excluding tert-OH is 1. The Kier molecular flexibility index (Phi) is 12.1. The normalized spacial score (nSPS) is 14.3. The highest BCUT2D eigenvalue weighted by Crippen LogP contribution is 2.21. The lowest BCUT2D eigenvalue weighted by Crippen LogP contribution is -2.28. The summed E-state index contributed by atoms with van der Waals surface area (Å²) < 4.78 is 5.57. The van der Waals surface area contributed by atoms with Gasteiger partial charge in [-0.25, -0.2) is 0 Å². The van der Waals surface area contributed by atoms with Crippen LogP contribution in [0.3, 0.4) is 0 Å². The van der Waals surface area contributed by atoms with Crippen molar-refractivity contribution in [3.05, 3.63) is 12.7 Å². The molecule has 0 aromatic heterocycles. The molecular weight excluding hydrogens is 288 g/mol. The minimum Gasteiger partial charge on any atom is -0.460 e. The van der Waals surface area contributed by atoms with Crippen LogP contribution >= 0.6 is 0 Å². The molecule has 0 aromatic rings. The summed E-state index contributed by atoms with van der Waals surface area (Å²) in [5, 5.41) is 9.91. The van der Waals surface area contributed by atoms with Gasteiger partial charge in [0.05, 0.1) is 6.10 Å². The van der Waals surface area contributed by atoms with Crippen molar-refractivity contribution in [2.75, 3.05) is 0 Å². The van der Waals surface area contributed by atoms with Crippen LogP contribution in [0.1, 0.15) is 91.9 Å². The molecule has 0 bridgehead atoms. The van der Waals surface area contributed by atoms with Gasteiger partial charge in [0.15, 0.2) is 0 Å². The van der Waals surface area contributed by atoms with Gasteiger partial charge in [-0.15, -0.1) is 6.58 Å². The van der Waals surface area contributed by atoms with Gasteiger partial charge >= 0.3 is 5.97 Å². The maximum Gasteiger partial charge on any atom is 0.306 e. The number of esters is 1. The molecule has 0 spiro atoms. The fourth-order valence-corrected chi connectivity index (χ4v) is 2.61. The second kappa shape index (κ2) is 12.6. The van der Waals surface area contributed by atoms with Gasteiger partial charge in [0.2, 0.25) is 0 Å². The van der Waals surface area contributed by atoms with Crippen LogP contribution in [0.2, 0.25) is 0 Å². The van der Waals surface area contributed by atoms with Crippen LogP contribution in [0.5, 0.6) is 0 Å². The first kappa shape index (κ1) is 22.2. The number of ether oxygens (including phenoxy) is 1. The second-order valence-corrected chi connectivity index (χ2v) is 7.38. The molecule has 0 aliphatic heterocycles. The van der Waals surface area contributed by atoms with E-state index in [1.807, 2.05) is 19.9 Å². The van der Waals surface area contributed by atoms with Gasteiger partial charge in [-0.05, 0) is 51.9 Å². The van der Waals surface area contributed by atoms with Crippen molar-refractivity contribution in [2.45, 2.75) is 104 Å². The maximum atomic E-state index is 11.9. The lowest BCUT2D eigenvalue weighted by Gasteiger charge is -2.26. The Bertz CT molecular complexity index is 323. The molecule has 0 aromatic carbocycles. The molecule has 0 saturated carbocycles. The van der Waals surface area contributed by atoms with E-state index in [0.717, 1.165) is 38.5 Å². The van der Waals surface area contributed by atoms with E-state index in [1.165, 1.54) is 12.8 Å². The molecule has 0 heterocycles. The van der Waals surface area contributed by atoms with Crippen LogP contribution in [-0.2, 0) is 9.53 Å². The predicted molar refractivity (Wildman–Crippen MR) is 97.4 cm³/mol. The van der Waals surface area contributed by atoms with Gasteiger partial charge in [0.1, 0.15) is 5.60 Å². The van der Waals surface area contributed by atoms with Gasteiger partial charge < -0.3 is 9.84 Å². The van der Waals surface area contributed by atoms with E-state index >= 15 is 0 Å². The largest absolute Gasteiger partial charge is 0.460 e. The van der Waals surface area contributed by atoms with E-state index < -0.39 is 5.60 Å². The third-order valence-electron chi connectivity index (χ3n) is 4.30. The van der Waals surface area contributed by atoms with E-state index in [0.29, 0.717) is 18.8 Å². The number of carbonyl (C=O) groups excluding carboxylic acids is 1. The molecule has 0 aliphatic rings. The summed E-state index contributed by atoms with van der Waals surface area (Å²) in [6, 6.07) is 0. The lowest BCUT2D eigenvalue weighted by atomic mass is 9.96. The number of rotatable bonds is 14. The highest BCUT2D eigenvalue weighted by Gasteiger charge is 2.23. The molecule has 0 aliphatic carbocycles. The maximum absolute atomic E-state index is 11.9. The molecule has 0 fully saturated rings. The SMILES string of the molecule is C=CC(C)CCCC(C)(C)OC(=O)CCC(O)CCCCCC. The first-order chi connectivity index (χ1) is 10.8. The number of hydrogen-bond donors (Lipinski definition) is 1. The Morgan fingerprint density at radius 3 is 2.48 bits per heavy atom. The fraction of sp³-hybridized carbons (Fsp3) is 0.850. The van der Waals surface area contributed by atoms with E-state index in [9.17, 15) is 9.90 Å². The van der Waals surface area contributed by atoms with Gasteiger partial charge in [-0.1, -0.05) is 45.6 Å². The third-order valence-corrected chi connectivity index (χ3v) is 4.30. The predicted octanol–water partition coefficient (Wildman–Crippen LogP) is 5.41. The smallest absolute Gasteiger partial charge is 0.306 e. The van der Waals surface area contributed by atoms with Crippen LogP contribution in [-0.4, -0.2) is 22.8 Å². The molecule has 136 valence electrons. The van der Waals surface area contributed by atoms with Crippen LogP contribution in [0.4, 0.5) is 0 Å². The summed E-state index contributed by atoms with van der Waals surface area (Å²) in [5.74, 6) is 0.309. The highest BCUT2D eigenvalue weighted by atomic mass is 16.6. The molecule has 0 rings (SSSR count). The van der Waals surface area contributed by atoms with E-state index in [2.05, 4.69) is 20.4 Å². The van der Waals surface area contributed by atoms with Crippen molar-refractivity contribution >= 4 is 5.97 Å². The quantitative estimate of drug-likeness (QED) is 0.264. The summed E-state index contributed by atoms with van der Waals surface area (Å²) in [4.78, 5) is 11.9. The van der Waals surface area contributed by atoms with Crippen molar-refractivity contribution in [1.82, 2.24) is 0 Å². The van der Waals surface area contributed by atoms with Gasteiger partial charge in [0.25, 0.3) is 0 Å². The standard InChI is InChI=1S/C20H38O3/c1-6-8-9-10-13-18(21)14-15-19(22)23-20(4,5)16-11-12-17(3)7-2/h7,17-18,21H,2,6,8-16H2,1,3-5H3. The summed E-state index contributed by atoms with van der Waals surface area (Å²) >= 11 is 0. The summed E-state index contributed by atoms with van der Waals surface area (Å²) in [7, 11) is 0. The number of aliphatic hydroxyl groups is 1.